The van der Waals surface area contributed by atoms with Crippen molar-refractivity contribution in [3.05, 3.63) is 71.8 Å². The van der Waals surface area contributed by atoms with Crippen LogP contribution in [0.2, 0.25) is 0 Å². The lowest BCUT2D eigenvalue weighted by molar-refractivity contribution is -0.139. The molecule has 172 valence electrons. The van der Waals surface area contributed by atoms with Gasteiger partial charge >= 0.3 is 0 Å². The van der Waals surface area contributed by atoms with Crippen molar-refractivity contribution in [3.63, 3.8) is 0 Å². The van der Waals surface area contributed by atoms with Gasteiger partial charge in [-0.15, -0.1) is 5.10 Å². The van der Waals surface area contributed by atoms with E-state index in [4.69, 9.17) is 0 Å². The minimum absolute atomic E-state index is 0.0896. The number of nitrogens with zero attached hydrogens (tertiary/aromatic N) is 5. The number of benzene rings is 2. The molecule has 1 aliphatic heterocycles. The van der Waals surface area contributed by atoms with Crippen LogP contribution in [0.4, 0.5) is 15.8 Å². The zero-order valence-electron chi connectivity index (χ0n) is 18.1. The third-order valence-corrected chi connectivity index (χ3v) is 5.95. The Labute approximate surface area is 193 Å². The number of hydrogen-bond acceptors (Lipinski definition) is 6. The van der Waals surface area contributed by atoms with E-state index in [0.29, 0.717) is 30.0 Å². The zero-order chi connectivity index (χ0) is 23.8. The van der Waals surface area contributed by atoms with Crippen LogP contribution >= 0.6 is 0 Å². The predicted molar refractivity (Wildman–Crippen MR) is 119 cm³/mol. The molecule has 1 aliphatic carbocycles. The van der Waals surface area contributed by atoms with Crippen molar-refractivity contribution in [3.8, 4) is 5.69 Å². The molecule has 5 rings (SSSR count). The lowest BCUT2D eigenvalue weighted by Crippen LogP contribution is -2.59. The minimum Gasteiger partial charge on any atom is -0.322 e. The van der Waals surface area contributed by atoms with Gasteiger partial charge in [-0.3, -0.25) is 19.8 Å². The second-order valence-electron chi connectivity index (χ2n) is 8.11. The molecular weight excluding hydrogens is 441 g/mol. The number of amides is 3. The molecule has 2 heterocycles. The fraction of sp³-hybridized carbons (Fsp3) is 0.217. The Bertz CT molecular complexity index is 1340. The molecule has 3 amide bonds. The summed E-state index contributed by atoms with van der Waals surface area (Å²) in [5.74, 6) is -1.88. The molecule has 1 aromatic heterocycles. The largest absolute Gasteiger partial charge is 0.322 e. The number of nitrogens with one attached hydrogen (secondary N) is 2. The number of tetrazole rings is 1. The standard InChI is InChI=1S/C23H20FN7O3/c1-13-26-28-29-30(13)20-12-15(9-10-19(20)24)25-21(32)14-5-4-6-16(11-14)31-23(34)18-8-3-2-7-17(18)22(33)27-31/h2-6,9-12,17-18H,7-8H2,1H3,(H,25,32)(H,27,33). The first-order valence-corrected chi connectivity index (χ1v) is 10.7. The van der Waals surface area contributed by atoms with E-state index in [0.717, 1.165) is 0 Å². The molecule has 2 unspecified atom stereocenters. The van der Waals surface area contributed by atoms with E-state index in [1.54, 1.807) is 25.1 Å². The van der Waals surface area contributed by atoms with Crippen LogP contribution in [0.15, 0.2) is 54.6 Å². The van der Waals surface area contributed by atoms with Crippen LogP contribution in [0, 0.1) is 24.6 Å². The Morgan fingerprint density at radius 1 is 1.12 bits per heavy atom. The number of fused-ring (bicyclic) bond motifs is 1. The molecule has 0 radical (unpaired) electrons. The average molecular weight is 461 g/mol. The number of aryl methyl sites for hydroxylation is 1. The Hall–Kier alpha value is -4.41. The van der Waals surface area contributed by atoms with Gasteiger partial charge in [0.15, 0.2) is 5.82 Å². The first-order valence-electron chi connectivity index (χ1n) is 10.7. The van der Waals surface area contributed by atoms with Crippen molar-refractivity contribution >= 4 is 29.1 Å². The maximum absolute atomic E-state index is 14.3. The molecule has 1 saturated heterocycles. The number of aromatic nitrogens is 4. The number of anilines is 2. The van der Waals surface area contributed by atoms with E-state index in [-0.39, 0.29) is 29.0 Å². The summed E-state index contributed by atoms with van der Waals surface area (Å²) in [6, 6.07) is 10.4. The van der Waals surface area contributed by atoms with Crippen LogP contribution in [-0.2, 0) is 9.59 Å². The summed E-state index contributed by atoms with van der Waals surface area (Å²) in [5, 5.41) is 14.9. The number of carbonyl (C=O) groups excluding carboxylic acids is 3. The van der Waals surface area contributed by atoms with Gasteiger partial charge in [0.1, 0.15) is 11.5 Å². The summed E-state index contributed by atoms with van der Waals surface area (Å²) < 4.78 is 15.5. The Morgan fingerprint density at radius 3 is 2.68 bits per heavy atom. The fourth-order valence-electron chi connectivity index (χ4n) is 4.18. The Morgan fingerprint density at radius 2 is 1.91 bits per heavy atom. The SMILES string of the molecule is Cc1nnnn1-c1cc(NC(=O)c2cccc(N3NC(=O)C4CC=CCC4C3=O)c2)ccc1F. The molecule has 2 N–H and O–H groups in total. The minimum atomic E-state index is -0.550. The van der Waals surface area contributed by atoms with Gasteiger partial charge in [-0.25, -0.2) is 9.40 Å². The van der Waals surface area contributed by atoms with Gasteiger partial charge in [-0.2, -0.15) is 4.68 Å². The van der Waals surface area contributed by atoms with Crippen LogP contribution in [0.1, 0.15) is 29.0 Å². The van der Waals surface area contributed by atoms with E-state index < -0.39 is 17.6 Å². The summed E-state index contributed by atoms with van der Waals surface area (Å²) in [6.07, 6.45) is 4.85. The van der Waals surface area contributed by atoms with Crippen LogP contribution in [-0.4, -0.2) is 37.9 Å². The highest BCUT2D eigenvalue weighted by Gasteiger charge is 2.42. The van der Waals surface area contributed by atoms with Crippen LogP contribution < -0.4 is 15.8 Å². The van der Waals surface area contributed by atoms with E-state index in [2.05, 4.69) is 26.3 Å². The van der Waals surface area contributed by atoms with Gasteiger partial charge in [0.25, 0.3) is 5.91 Å². The third-order valence-electron chi connectivity index (χ3n) is 5.95. The fourth-order valence-corrected chi connectivity index (χ4v) is 4.18. The predicted octanol–water partition coefficient (Wildman–Crippen LogP) is 2.32. The Kier molecular flexibility index (Phi) is 5.36. The summed E-state index contributed by atoms with van der Waals surface area (Å²) in [5.41, 5.74) is 3.71. The number of rotatable bonds is 4. The molecule has 0 spiro atoms. The Balaban J connectivity index is 1.37. The molecule has 10 nitrogen and oxygen atoms in total. The van der Waals surface area contributed by atoms with E-state index in [1.807, 2.05) is 12.2 Å². The highest BCUT2D eigenvalue weighted by atomic mass is 19.1. The number of hydrazine groups is 1. The molecule has 0 bridgehead atoms. The molecule has 34 heavy (non-hydrogen) atoms. The molecule has 1 fully saturated rings. The van der Waals surface area contributed by atoms with Gasteiger partial charge in [-0.05, 0) is 66.6 Å². The summed E-state index contributed by atoms with van der Waals surface area (Å²) in [4.78, 5) is 38.5. The van der Waals surface area contributed by atoms with E-state index >= 15 is 0 Å². The van der Waals surface area contributed by atoms with Gasteiger partial charge in [0.05, 0.1) is 17.5 Å². The summed E-state index contributed by atoms with van der Waals surface area (Å²) >= 11 is 0. The quantitative estimate of drug-likeness (QED) is 0.575. The smallest absolute Gasteiger partial charge is 0.255 e. The topological polar surface area (TPSA) is 122 Å². The lowest BCUT2D eigenvalue weighted by Gasteiger charge is -2.38. The van der Waals surface area contributed by atoms with E-state index in [1.165, 1.54) is 34.0 Å². The number of hydrogen-bond donors (Lipinski definition) is 2. The van der Waals surface area contributed by atoms with Crippen molar-refractivity contribution in [1.82, 2.24) is 25.6 Å². The van der Waals surface area contributed by atoms with Crippen molar-refractivity contribution in [1.29, 1.82) is 0 Å². The molecule has 2 aromatic carbocycles. The molecule has 2 atom stereocenters. The van der Waals surface area contributed by atoms with Crippen molar-refractivity contribution in [2.45, 2.75) is 19.8 Å². The normalized spacial score (nSPS) is 19.5. The first kappa shape index (κ1) is 21.4. The maximum Gasteiger partial charge on any atom is 0.255 e. The molecule has 0 saturated carbocycles. The van der Waals surface area contributed by atoms with Crippen LogP contribution in [0.3, 0.4) is 0 Å². The van der Waals surface area contributed by atoms with Gasteiger partial charge in [0.2, 0.25) is 11.8 Å². The van der Waals surface area contributed by atoms with Crippen LogP contribution in [0.25, 0.3) is 5.69 Å². The molecular formula is C23H20FN7O3. The lowest BCUT2D eigenvalue weighted by atomic mass is 9.80. The number of halogens is 1. The molecule has 3 aromatic rings. The zero-order valence-corrected chi connectivity index (χ0v) is 18.1. The second kappa shape index (κ2) is 8.50. The van der Waals surface area contributed by atoms with Gasteiger partial charge in [-0.1, -0.05) is 18.2 Å². The van der Waals surface area contributed by atoms with E-state index in [9.17, 15) is 18.8 Å². The van der Waals surface area contributed by atoms with Gasteiger partial charge in [0, 0.05) is 11.3 Å². The highest BCUT2D eigenvalue weighted by Crippen LogP contribution is 2.32. The van der Waals surface area contributed by atoms with Gasteiger partial charge < -0.3 is 5.32 Å². The number of carbonyl (C=O) groups is 3. The summed E-state index contributed by atoms with van der Waals surface area (Å²) in [7, 11) is 0. The third kappa shape index (κ3) is 3.81. The average Bonchev–Trinajstić information content (AvgIpc) is 3.28. The summed E-state index contributed by atoms with van der Waals surface area (Å²) in [6.45, 7) is 1.63. The first-order chi connectivity index (χ1) is 16.4. The molecule has 11 heteroatoms. The second-order valence-corrected chi connectivity index (χ2v) is 8.11. The van der Waals surface area contributed by atoms with Crippen molar-refractivity contribution in [2.75, 3.05) is 10.3 Å². The monoisotopic (exact) mass is 461 g/mol. The maximum atomic E-state index is 14.3. The van der Waals surface area contributed by atoms with Crippen LogP contribution in [0.5, 0.6) is 0 Å². The van der Waals surface area contributed by atoms with Crippen molar-refractivity contribution < 1.29 is 18.8 Å². The number of allylic oxidation sites excluding steroid dienone is 2. The van der Waals surface area contributed by atoms with Crippen molar-refractivity contribution in [2.24, 2.45) is 11.8 Å². The molecule has 2 aliphatic rings. The highest BCUT2D eigenvalue weighted by molar-refractivity contribution is 6.07.